The number of hydrogen-bond acceptors (Lipinski definition) is 3. The minimum atomic E-state index is 0.122. The molecule has 90 valence electrons. The Kier molecular flexibility index (Phi) is 4.94. The zero-order valence-electron chi connectivity index (χ0n) is 10.7. The molecular weight excluding hydrogens is 204 g/mol. The van der Waals surface area contributed by atoms with Crippen molar-refractivity contribution in [2.24, 2.45) is 0 Å². The monoisotopic (exact) mass is 230 g/mol. The molecule has 1 aliphatic rings. The number of likely N-dealkylation sites (tertiary alicyclic amines) is 1. The molecule has 15 heavy (non-hydrogen) atoms. The van der Waals surface area contributed by atoms with Gasteiger partial charge in [-0.05, 0) is 53.4 Å². The molecule has 1 heterocycles. The van der Waals surface area contributed by atoms with Crippen molar-refractivity contribution in [1.29, 1.82) is 0 Å². The smallest absolute Gasteiger partial charge is 0.0200 e. The summed E-state index contributed by atoms with van der Waals surface area (Å²) in [6, 6.07) is 0.763. The SMILES string of the molecule is CCN1CCC(N(C)CC(C)(C)S)CC1. The maximum Gasteiger partial charge on any atom is 0.0200 e. The molecule has 0 bridgehead atoms. The number of nitrogens with zero attached hydrogens (tertiary/aromatic N) is 2. The molecule has 0 N–H and O–H groups in total. The highest BCUT2D eigenvalue weighted by molar-refractivity contribution is 7.81. The van der Waals surface area contributed by atoms with E-state index in [1.165, 1.54) is 32.5 Å². The van der Waals surface area contributed by atoms with Crippen molar-refractivity contribution in [2.45, 2.75) is 44.4 Å². The van der Waals surface area contributed by atoms with Crippen molar-refractivity contribution in [3.63, 3.8) is 0 Å². The molecule has 0 aromatic heterocycles. The summed E-state index contributed by atoms with van der Waals surface area (Å²) < 4.78 is 0.122. The molecule has 0 radical (unpaired) electrons. The molecule has 1 fully saturated rings. The molecule has 1 rings (SSSR count). The lowest BCUT2D eigenvalue weighted by Crippen LogP contribution is -2.46. The van der Waals surface area contributed by atoms with E-state index in [1.54, 1.807) is 0 Å². The van der Waals surface area contributed by atoms with Crippen LogP contribution in [0.2, 0.25) is 0 Å². The summed E-state index contributed by atoms with van der Waals surface area (Å²) >= 11 is 4.60. The van der Waals surface area contributed by atoms with Crippen molar-refractivity contribution in [1.82, 2.24) is 9.80 Å². The highest BCUT2D eigenvalue weighted by atomic mass is 32.1. The second-order valence-corrected chi connectivity index (χ2v) is 6.60. The van der Waals surface area contributed by atoms with Crippen LogP contribution in [0, 0.1) is 0 Å². The lowest BCUT2D eigenvalue weighted by Gasteiger charge is -2.38. The summed E-state index contributed by atoms with van der Waals surface area (Å²) in [4.78, 5) is 5.02. The van der Waals surface area contributed by atoms with E-state index < -0.39 is 0 Å². The number of hydrogen-bond donors (Lipinski definition) is 1. The van der Waals surface area contributed by atoms with E-state index >= 15 is 0 Å². The Balaban J connectivity index is 2.33. The van der Waals surface area contributed by atoms with Crippen molar-refractivity contribution in [2.75, 3.05) is 33.2 Å². The van der Waals surface area contributed by atoms with Crippen LogP contribution in [0.1, 0.15) is 33.6 Å². The van der Waals surface area contributed by atoms with E-state index in [9.17, 15) is 0 Å². The summed E-state index contributed by atoms with van der Waals surface area (Å²) in [5, 5.41) is 0. The molecule has 0 atom stereocenters. The fourth-order valence-electron chi connectivity index (χ4n) is 2.42. The topological polar surface area (TPSA) is 6.48 Å². The van der Waals surface area contributed by atoms with Crippen LogP contribution in [-0.4, -0.2) is 53.8 Å². The molecule has 1 saturated heterocycles. The van der Waals surface area contributed by atoms with Crippen LogP contribution < -0.4 is 0 Å². The van der Waals surface area contributed by atoms with Gasteiger partial charge in [0.2, 0.25) is 0 Å². The first kappa shape index (κ1) is 13.3. The quantitative estimate of drug-likeness (QED) is 0.739. The van der Waals surface area contributed by atoms with Gasteiger partial charge in [-0.15, -0.1) is 0 Å². The van der Waals surface area contributed by atoms with E-state index in [-0.39, 0.29) is 4.75 Å². The van der Waals surface area contributed by atoms with Gasteiger partial charge in [0.05, 0.1) is 0 Å². The van der Waals surface area contributed by atoms with Gasteiger partial charge in [0.1, 0.15) is 0 Å². The second kappa shape index (κ2) is 5.55. The van der Waals surface area contributed by atoms with Gasteiger partial charge in [0.25, 0.3) is 0 Å². The molecule has 0 aromatic rings. The van der Waals surface area contributed by atoms with Crippen molar-refractivity contribution >= 4 is 12.6 Å². The standard InChI is InChI=1S/C12H26N2S/c1-5-14-8-6-11(7-9-14)13(4)10-12(2,3)15/h11,15H,5-10H2,1-4H3. The minimum Gasteiger partial charge on any atom is -0.303 e. The maximum atomic E-state index is 4.60. The predicted octanol–water partition coefficient (Wildman–Crippen LogP) is 2.11. The largest absolute Gasteiger partial charge is 0.303 e. The maximum absolute atomic E-state index is 4.60. The molecule has 0 amide bonds. The zero-order chi connectivity index (χ0) is 11.5. The molecule has 0 unspecified atom stereocenters. The summed E-state index contributed by atoms with van der Waals surface area (Å²) in [5.41, 5.74) is 0. The first-order valence-electron chi connectivity index (χ1n) is 6.07. The van der Waals surface area contributed by atoms with E-state index in [1.807, 2.05) is 0 Å². The van der Waals surface area contributed by atoms with Gasteiger partial charge in [-0.3, -0.25) is 0 Å². The summed E-state index contributed by atoms with van der Waals surface area (Å²) in [6.45, 7) is 11.4. The van der Waals surface area contributed by atoms with Gasteiger partial charge in [0.15, 0.2) is 0 Å². The normalized spacial score (nSPS) is 21.2. The molecule has 0 saturated carbocycles. The molecular formula is C12H26N2S. The van der Waals surface area contributed by atoms with Crippen molar-refractivity contribution in [3.8, 4) is 0 Å². The van der Waals surface area contributed by atoms with Crippen LogP contribution in [0.3, 0.4) is 0 Å². The Hall–Kier alpha value is 0.270. The fraction of sp³-hybridized carbons (Fsp3) is 1.00. The van der Waals surface area contributed by atoms with Gasteiger partial charge in [0, 0.05) is 17.3 Å². The van der Waals surface area contributed by atoms with Crippen LogP contribution in [0.4, 0.5) is 0 Å². The Bertz CT molecular complexity index is 181. The average molecular weight is 230 g/mol. The molecule has 0 aliphatic carbocycles. The van der Waals surface area contributed by atoms with E-state index in [0.29, 0.717) is 0 Å². The third kappa shape index (κ3) is 4.75. The number of thiol groups is 1. The zero-order valence-corrected chi connectivity index (χ0v) is 11.6. The highest BCUT2D eigenvalue weighted by Crippen LogP contribution is 2.19. The van der Waals surface area contributed by atoms with Crippen LogP contribution in [0.5, 0.6) is 0 Å². The van der Waals surface area contributed by atoms with Gasteiger partial charge < -0.3 is 9.80 Å². The van der Waals surface area contributed by atoms with E-state index in [4.69, 9.17) is 0 Å². The van der Waals surface area contributed by atoms with Crippen LogP contribution >= 0.6 is 12.6 Å². The molecule has 0 aromatic carbocycles. The average Bonchev–Trinajstić information content (AvgIpc) is 2.15. The third-order valence-corrected chi connectivity index (χ3v) is 3.41. The molecule has 0 spiro atoms. The highest BCUT2D eigenvalue weighted by Gasteiger charge is 2.24. The van der Waals surface area contributed by atoms with Crippen molar-refractivity contribution < 1.29 is 0 Å². The molecule has 2 nitrogen and oxygen atoms in total. The first-order chi connectivity index (χ1) is 6.92. The Morgan fingerprint density at radius 1 is 1.33 bits per heavy atom. The fourth-order valence-corrected chi connectivity index (χ4v) is 2.64. The minimum absolute atomic E-state index is 0.122. The molecule has 3 heteroatoms. The summed E-state index contributed by atoms with van der Waals surface area (Å²) in [7, 11) is 2.24. The second-order valence-electron chi connectivity index (χ2n) is 5.39. The van der Waals surface area contributed by atoms with Crippen LogP contribution in [0.15, 0.2) is 0 Å². The van der Waals surface area contributed by atoms with Crippen LogP contribution in [-0.2, 0) is 0 Å². The van der Waals surface area contributed by atoms with E-state index in [0.717, 1.165) is 12.6 Å². The molecule has 1 aliphatic heterocycles. The Morgan fingerprint density at radius 3 is 2.27 bits per heavy atom. The lowest BCUT2D eigenvalue weighted by atomic mass is 10.0. The van der Waals surface area contributed by atoms with Crippen LogP contribution in [0.25, 0.3) is 0 Å². The predicted molar refractivity (Wildman–Crippen MR) is 70.8 cm³/mol. The Morgan fingerprint density at radius 2 is 1.87 bits per heavy atom. The Labute approximate surface area is 100 Å². The van der Waals surface area contributed by atoms with Crippen molar-refractivity contribution in [3.05, 3.63) is 0 Å². The first-order valence-corrected chi connectivity index (χ1v) is 6.52. The van der Waals surface area contributed by atoms with Gasteiger partial charge in [-0.25, -0.2) is 0 Å². The van der Waals surface area contributed by atoms with Gasteiger partial charge in [-0.2, -0.15) is 12.6 Å². The van der Waals surface area contributed by atoms with Gasteiger partial charge in [-0.1, -0.05) is 6.92 Å². The van der Waals surface area contributed by atoms with Gasteiger partial charge >= 0.3 is 0 Å². The summed E-state index contributed by atoms with van der Waals surface area (Å²) in [6.07, 6.45) is 2.63. The lowest BCUT2D eigenvalue weighted by molar-refractivity contribution is 0.126. The number of piperidine rings is 1. The third-order valence-electron chi connectivity index (χ3n) is 3.26. The van der Waals surface area contributed by atoms with E-state index in [2.05, 4.69) is 50.2 Å². The summed E-state index contributed by atoms with van der Waals surface area (Å²) in [5.74, 6) is 0. The number of rotatable bonds is 4.